The molecule has 0 saturated heterocycles. The van der Waals surface area contributed by atoms with E-state index >= 15 is 0 Å². The summed E-state index contributed by atoms with van der Waals surface area (Å²) >= 11 is 24.0. The fourth-order valence-corrected chi connectivity index (χ4v) is 13.6. The van der Waals surface area contributed by atoms with Crippen LogP contribution < -0.4 is 9.48 Å². The largest absolute Gasteiger partial charge is 0.444 e. The SMILES string of the molecule is CCOC(=S)[s+]1sc(=O)c(Cl)c1Sc1c(Cl)c(=O)s[s+]1C(=S)OCC. The molecule has 0 aliphatic carbocycles. The van der Waals surface area contributed by atoms with Crippen LogP contribution in [-0.2, 0) is 9.47 Å². The van der Waals surface area contributed by atoms with Crippen molar-refractivity contribution in [3.63, 3.8) is 0 Å². The van der Waals surface area contributed by atoms with E-state index in [2.05, 4.69) is 0 Å². The molecule has 0 amide bonds. The lowest BCUT2D eigenvalue weighted by Gasteiger charge is -1.97. The van der Waals surface area contributed by atoms with Gasteiger partial charge in [0.05, 0.1) is 13.2 Å². The Kier molecular flexibility index (Phi) is 8.30. The zero-order valence-electron chi connectivity index (χ0n) is 12.7. The van der Waals surface area contributed by atoms with Crippen LogP contribution >= 0.6 is 99.0 Å². The Bertz CT molecular complexity index is 849. The smallest absolute Gasteiger partial charge is 0.418 e. The maximum Gasteiger partial charge on any atom is 0.418 e. The number of ether oxygens (including phenoxy) is 2. The Labute approximate surface area is 180 Å². The van der Waals surface area contributed by atoms with Crippen LogP contribution in [0.5, 0.6) is 0 Å². The third kappa shape index (κ3) is 4.82. The van der Waals surface area contributed by atoms with Crippen molar-refractivity contribution in [2.45, 2.75) is 22.3 Å². The molecule has 0 spiro atoms. The molecule has 13 heteroatoms. The summed E-state index contributed by atoms with van der Waals surface area (Å²) in [5, 5.41) is 0.153. The summed E-state index contributed by atoms with van der Waals surface area (Å²) in [6.45, 7) is 4.40. The van der Waals surface area contributed by atoms with Crippen LogP contribution in [-0.4, -0.2) is 22.0 Å². The fourth-order valence-electron chi connectivity index (χ4n) is 1.44. The molecule has 0 radical (unpaired) electrons. The number of halogens is 2. The Morgan fingerprint density at radius 3 is 1.64 bits per heavy atom. The van der Waals surface area contributed by atoms with E-state index in [0.717, 1.165) is 32.4 Å². The molecule has 2 heterocycles. The van der Waals surface area contributed by atoms with Crippen molar-refractivity contribution in [2.75, 3.05) is 13.2 Å². The highest BCUT2D eigenvalue weighted by Gasteiger charge is 2.39. The van der Waals surface area contributed by atoms with Gasteiger partial charge in [-0.2, -0.15) is 0 Å². The van der Waals surface area contributed by atoms with Crippen LogP contribution in [0.3, 0.4) is 0 Å². The predicted molar refractivity (Wildman–Crippen MR) is 120 cm³/mol. The van der Waals surface area contributed by atoms with Gasteiger partial charge >= 0.3 is 18.3 Å². The minimum Gasteiger partial charge on any atom is -0.444 e. The van der Waals surface area contributed by atoms with Crippen molar-refractivity contribution in [3.8, 4) is 0 Å². The van der Waals surface area contributed by atoms with Gasteiger partial charge in [-0.3, -0.25) is 9.59 Å². The quantitative estimate of drug-likeness (QED) is 0.274. The second-order valence-electron chi connectivity index (χ2n) is 3.95. The normalized spacial score (nSPS) is 12.2. The van der Waals surface area contributed by atoms with E-state index in [0.29, 0.717) is 30.4 Å². The molecule has 0 bridgehead atoms. The Hall–Kier alpha value is 0.410. The second-order valence-corrected chi connectivity index (χ2v) is 14.2. The minimum absolute atomic E-state index is 0.0765. The Balaban J connectivity index is 2.54. The van der Waals surface area contributed by atoms with Gasteiger partial charge in [0, 0.05) is 36.2 Å². The minimum atomic E-state index is -0.830. The lowest BCUT2D eigenvalue weighted by Crippen LogP contribution is -1.96. The van der Waals surface area contributed by atoms with E-state index in [1.165, 1.54) is 0 Å². The lowest BCUT2D eigenvalue weighted by molar-refractivity contribution is 0.345. The van der Waals surface area contributed by atoms with Gasteiger partial charge in [-0.1, -0.05) is 23.2 Å². The van der Waals surface area contributed by atoms with Crippen LogP contribution in [0.15, 0.2) is 18.0 Å². The first-order chi connectivity index (χ1) is 11.8. The summed E-state index contributed by atoms with van der Waals surface area (Å²) in [5.74, 6) is 0. The molecule has 25 heavy (non-hydrogen) atoms. The van der Waals surface area contributed by atoms with Gasteiger partial charge in [-0.05, 0) is 13.8 Å². The van der Waals surface area contributed by atoms with Crippen molar-refractivity contribution in [2.24, 2.45) is 0 Å². The Morgan fingerprint density at radius 2 is 1.32 bits per heavy atom. The standard InChI is InChI=1S/C12H10Cl2O4S7/c1-3-17-11(19)24-9(5(13)7(15)22-24)21-10-6(14)8(16)23-25(10)12(20)18-4-2/h3-4H2,1-2H3/q+2. The predicted octanol–water partition coefficient (Wildman–Crippen LogP) is 5.83. The third-order valence-electron chi connectivity index (χ3n) is 2.38. The first kappa shape index (κ1) is 21.7. The molecule has 2 unspecified atom stereocenters. The molecule has 0 N–H and O–H groups in total. The van der Waals surface area contributed by atoms with Crippen LogP contribution in [0.2, 0.25) is 10.0 Å². The highest BCUT2D eigenvalue weighted by atomic mass is 35.5. The molecule has 2 aromatic heterocycles. The van der Waals surface area contributed by atoms with Crippen molar-refractivity contribution < 1.29 is 9.47 Å². The van der Waals surface area contributed by atoms with E-state index in [1.807, 2.05) is 0 Å². The first-order valence-corrected chi connectivity index (χ1v) is 14.1. The van der Waals surface area contributed by atoms with Crippen LogP contribution in [0.1, 0.15) is 13.8 Å². The highest BCUT2D eigenvalue weighted by molar-refractivity contribution is 8.14. The van der Waals surface area contributed by atoms with Gasteiger partial charge in [0.15, 0.2) is 30.7 Å². The van der Waals surface area contributed by atoms with E-state index in [1.54, 1.807) is 13.8 Å². The van der Waals surface area contributed by atoms with Crippen molar-refractivity contribution in [1.82, 2.24) is 0 Å². The van der Waals surface area contributed by atoms with Gasteiger partial charge < -0.3 is 9.47 Å². The molecular weight excluding hydrogens is 504 g/mol. The summed E-state index contributed by atoms with van der Waals surface area (Å²) in [7, 11) is 0.365. The van der Waals surface area contributed by atoms with Crippen molar-refractivity contribution in [1.29, 1.82) is 0 Å². The molecular formula is C12H10Cl2O4S7+2. The monoisotopic (exact) mass is 512 g/mol. The lowest BCUT2D eigenvalue weighted by atomic mass is 10.8. The molecule has 2 aromatic rings. The molecule has 0 aliphatic heterocycles. The summed E-state index contributed by atoms with van der Waals surface area (Å²) in [6, 6.07) is 0. The summed E-state index contributed by atoms with van der Waals surface area (Å²) in [4.78, 5) is 24.0. The number of hydrogen-bond acceptors (Lipinski definition) is 9. The molecule has 0 aliphatic rings. The number of thiocarbonyl (C=S) groups is 2. The van der Waals surface area contributed by atoms with Gasteiger partial charge in [-0.25, -0.2) is 0 Å². The van der Waals surface area contributed by atoms with Gasteiger partial charge in [-0.15, -0.1) is 0 Å². The highest BCUT2D eigenvalue weighted by Crippen LogP contribution is 2.52. The molecule has 0 saturated carbocycles. The maximum absolute atomic E-state index is 12.0. The molecule has 4 nitrogen and oxygen atoms in total. The zero-order chi connectivity index (χ0) is 18.7. The molecule has 2 rings (SSSR count). The second kappa shape index (κ2) is 9.56. The topological polar surface area (TPSA) is 52.6 Å². The molecule has 0 aromatic carbocycles. The van der Waals surface area contributed by atoms with Gasteiger partial charge in [0.25, 0.3) is 8.42 Å². The van der Waals surface area contributed by atoms with Gasteiger partial charge in [0.1, 0.15) is 18.9 Å². The average Bonchev–Trinajstić information content (AvgIpc) is 3.00. The van der Waals surface area contributed by atoms with E-state index < -0.39 is 18.9 Å². The molecule has 2 atom stereocenters. The average molecular weight is 514 g/mol. The summed E-state index contributed by atoms with van der Waals surface area (Å²) in [6.07, 6.45) is 0. The van der Waals surface area contributed by atoms with Crippen molar-refractivity contribution >= 4 is 108 Å². The van der Waals surface area contributed by atoms with Crippen LogP contribution in [0.4, 0.5) is 0 Å². The van der Waals surface area contributed by atoms with Gasteiger partial charge in [0.2, 0.25) is 0 Å². The van der Waals surface area contributed by atoms with Crippen LogP contribution in [0.25, 0.3) is 0 Å². The first-order valence-electron chi connectivity index (χ1n) is 6.56. The zero-order valence-corrected chi connectivity index (χ0v) is 19.9. The fraction of sp³-hybridized carbons (Fsp3) is 0.333. The maximum atomic E-state index is 12.0. The third-order valence-corrected chi connectivity index (χ3v) is 15.3. The van der Waals surface area contributed by atoms with Crippen molar-refractivity contribution in [3.05, 3.63) is 29.1 Å². The van der Waals surface area contributed by atoms with Crippen LogP contribution in [0, 0.1) is 0 Å². The van der Waals surface area contributed by atoms with E-state index in [4.69, 9.17) is 57.1 Å². The number of rotatable bonds is 6. The summed E-state index contributed by atoms with van der Waals surface area (Å²) < 4.78 is 11.8. The van der Waals surface area contributed by atoms with E-state index in [-0.39, 0.29) is 19.5 Å². The Morgan fingerprint density at radius 1 is 0.960 bits per heavy atom. The van der Waals surface area contributed by atoms with E-state index in [9.17, 15) is 9.59 Å². The number of hydrogen-bond donors (Lipinski definition) is 0. The molecule has 0 fully saturated rings. The molecule has 136 valence electrons. The summed E-state index contributed by atoms with van der Waals surface area (Å²) in [5.41, 5.74) is 0.